The van der Waals surface area contributed by atoms with Crippen LogP contribution in [0, 0.1) is 0 Å². The maximum Gasteiger partial charge on any atom is 0.257 e. The molecular weight excluding hydrogens is 430 g/mol. The molecule has 164 valence electrons. The lowest BCUT2D eigenvalue weighted by atomic mass is 10.1. The Labute approximate surface area is 188 Å². The number of hydrogen-bond acceptors (Lipinski definition) is 7. The fraction of sp³-hybridized carbons (Fsp3) is 0.261. The van der Waals surface area contributed by atoms with Crippen LogP contribution in [0.15, 0.2) is 42.5 Å². The quantitative estimate of drug-likeness (QED) is 0.595. The fourth-order valence-corrected chi connectivity index (χ4v) is 4.84. The number of anilines is 1. The molecule has 32 heavy (non-hydrogen) atoms. The topological polar surface area (TPSA) is 98.8 Å². The summed E-state index contributed by atoms with van der Waals surface area (Å²) < 4.78 is 15.8. The molecule has 5 rings (SSSR count). The molecule has 1 unspecified atom stereocenters. The molecule has 1 atom stereocenters. The predicted octanol–water partition coefficient (Wildman–Crippen LogP) is 3.48. The zero-order chi connectivity index (χ0) is 22.1. The van der Waals surface area contributed by atoms with Crippen molar-refractivity contribution in [1.29, 1.82) is 0 Å². The van der Waals surface area contributed by atoms with Crippen LogP contribution in [0.3, 0.4) is 0 Å². The summed E-state index contributed by atoms with van der Waals surface area (Å²) in [6, 6.07) is 12.5. The van der Waals surface area contributed by atoms with Gasteiger partial charge in [-0.25, -0.2) is 4.98 Å². The van der Waals surface area contributed by atoms with Crippen molar-refractivity contribution >= 4 is 28.3 Å². The number of nitrogens with one attached hydrogen (secondary N) is 2. The number of hydrogen-bond donors (Lipinski definition) is 2. The lowest BCUT2D eigenvalue weighted by molar-refractivity contribution is -0.122. The van der Waals surface area contributed by atoms with E-state index in [0.29, 0.717) is 40.9 Å². The lowest BCUT2D eigenvalue weighted by Crippen LogP contribution is -2.28. The van der Waals surface area contributed by atoms with E-state index in [0.717, 1.165) is 22.6 Å². The minimum Gasteiger partial charge on any atom is -0.497 e. The van der Waals surface area contributed by atoms with E-state index < -0.39 is 0 Å². The summed E-state index contributed by atoms with van der Waals surface area (Å²) in [6.07, 6.45) is 1.49. The molecule has 9 heteroatoms. The largest absolute Gasteiger partial charge is 0.497 e. The molecule has 0 radical (unpaired) electrons. The summed E-state index contributed by atoms with van der Waals surface area (Å²) in [4.78, 5) is 30.9. The molecule has 2 aliphatic rings. The minimum absolute atomic E-state index is 0.0697. The van der Waals surface area contributed by atoms with Crippen LogP contribution in [-0.2, 0) is 17.8 Å². The van der Waals surface area contributed by atoms with Crippen molar-refractivity contribution in [3.05, 3.63) is 64.2 Å². The van der Waals surface area contributed by atoms with Gasteiger partial charge in [0.1, 0.15) is 5.75 Å². The number of thiazole rings is 1. The Morgan fingerprint density at radius 2 is 1.97 bits per heavy atom. The van der Waals surface area contributed by atoms with Gasteiger partial charge in [-0.15, -0.1) is 11.3 Å². The smallest absolute Gasteiger partial charge is 0.257 e. The van der Waals surface area contributed by atoms with Crippen LogP contribution in [0.25, 0.3) is 0 Å². The van der Waals surface area contributed by atoms with Gasteiger partial charge in [-0.3, -0.25) is 14.9 Å². The third kappa shape index (κ3) is 3.99. The van der Waals surface area contributed by atoms with E-state index in [2.05, 4.69) is 15.6 Å². The number of methoxy groups -OCH3 is 1. The SMILES string of the molecule is COc1ccc(C(=O)Nc2nc3c(s2)CCC3C(=O)NCc2ccc3c(c2)OCO3)cc1. The van der Waals surface area contributed by atoms with Gasteiger partial charge in [-0.2, -0.15) is 0 Å². The highest BCUT2D eigenvalue weighted by Crippen LogP contribution is 2.39. The Balaban J connectivity index is 1.22. The lowest BCUT2D eigenvalue weighted by Gasteiger charge is -2.11. The monoisotopic (exact) mass is 451 g/mol. The molecule has 0 bridgehead atoms. The molecule has 1 aliphatic heterocycles. The maximum absolute atomic E-state index is 12.8. The first-order chi connectivity index (χ1) is 15.6. The molecule has 1 aliphatic carbocycles. The Morgan fingerprint density at radius 3 is 2.78 bits per heavy atom. The van der Waals surface area contributed by atoms with Gasteiger partial charge in [0.15, 0.2) is 16.6 Å². The summed E-state index contributed by atoms with van der Waals surface area (Å²) in [5, 5.41) is 6.33. The molecule has 0 saturated carbocycles. The van der Waals surface area contributed by atoms with Gasteiger partial charge < -0.3 is 19.5 Å². The van der Waals surface area contributed by atoms with E-state index in [1.807, 2.05) is 18.2 Å². The van der Waals surface area contributed by atoms with Crippen LogP contribution in [0.4, 0.5) is 5.13 Å². The van der Waals surface area contributed by atoms with E-state index in [1.54, 1.807) is 31.4 Å². The molecule has 2 aromatic carbocycles. The number of aryl methyl sites for hydroxylation is 1. The molecule has 2 amide bonds. The average molecular weight is 452 g/mol. The first-order valence-electron chi connectivity index (χ1n) is 10.2. The van der Waals surface area contributed by atoms with E-state index >= 15 is 0 Å². The van der Waals surface area contributed by atoms with Gasteiger partial charge in [0, 0.05) is 17.0 Å². The molecule has 2 N–H and O–H groups in total. The Morgan fingerprint density at radius 1 is 1.16 bits per heavy atom. The predicted molar refractivity (Wildman–Crippen MR) is 119 cm³/mol. The molecule has 3 aromatic rings. The summed E-state index contributed by atoms with van der Waals surface area (Å²) in [6.45, 7) is 0.615. The molecular formula is C23H21N3O5S. The minimum atomic E-state index is -0.318. The number of carbonyl (C=O) groups excluding carboxylic acids is 2. The highest BCUT2D eigenvalue weighted by molar-refractivity contribution is 7.16. The number of fused-ring (bicyclic) bond motifs is 2. The van der Waals surface area contributed by atoms with Gasteiger partial charge in [0.2, 0.25) is 12.7 Å². The highest BCUT2D eigenvalue weighted by atomic mass is 32.1. The van der Waals surface area contributed by atoms with Gasteiger partial charge in [-0.05, 0) is 54.8 Å². The number of carbonyl (C=O) groups is 2. The third-order valence-corrected chi connectivity index (χ3v) is 6.56. The summed E-state index contributed by atoms with van der Waals surface area (Å²) in [7, 11) is 1.58. The standard InChI is InChI=1S/C23H21N3O5S/c1-29-15-5-3-14(4-6-15)21(27)26-23-25-20-16(7-9-19(20)32-23)22(28)24-11-13-2-8-17-18(10-13)31-12-30-17/h2-6,8,10,16H,7,9,11-12H2,1H3,(H,24,28)(H,25,26,27). The first-order valence-corrected chi connectivity index (χ1v) is 11.0. The number of rotatable bonds is 6. The fourth-order valence-electron chi connectivity index (χ4n) is 3.81. The highest BCUT2D eigenvalue weighted by Gasteiger charge is 2.32. The maximum atomic E-state index is 12.8. The van der Waals surface area contributed by atoms with Crippen molar-refractivity contribution < 1.29 is 23.8 Å². The number of amides is 2. The summed E-state index contributed by atoms with van der Waals surface area (Å²) >= 11 is 1.42. The van der Waals surface area contributed by atoms with Crippen molar-refractivity contribution in [2.75, 3.05) is 19.2 Å². The second-order valence-corrected chi connectivity index (χ2v) is 8.59. The van der Waals surface area contributed by atoms with Crippen LogP contribution in [-0.4, -0.2) is 30.7 Å². The van der Waals surface area contributed by atoms with E-state index in [9.17, 15) is 9.59 Å². The molecule has 2 heterocycles. The second-order valence-electron chi connectivity index (χ2n) is 7.51. The van der Waals surface area contributed by atoms with Gasteiger partial charge in [-0.1, -0.05) is 6.07 Å². The molecule has 0 fully saturated rings. The molecule has 8 nitrogen and oxygen atoms in total. The van der Waals surface area contributed by atoms with Crippen molar-refractivity contribution in [1.82, 2.24) is 10.3 Å². The van der Waals surface area contributed by atoms with Gasteiger partial charge in [0.25, 0.3) is 5.91 Å². The summed E-state index contributed by atoms with van der Waals surface area (Å²) in [5.41, 5.74) is 2.20. The van der Waals surface area contributed by atoms with Crippen molar-refractivity contribution in [2.45, 2.75) is 25.3 Å². The van der Waals surface area contributed by atoms with Crippen molar-refractivity contribution in [3.63, 3.8) is 0 Å². The van der Waals surface area contributed by atoms with Crippen molar-refractivity contribution in [2.24, 2.45) is 0 Å². The molecule has 1 aromatic heterocycles. The number of ether oxygens (including phenoxy) is 3. The number of aromatic nitrogens is 1. The van der Waals surface area contributed by atoms with Crippen LogP contribution in [0.5, 0.6) is 17.2 Å². The van der Waals surface area contributed by atoms with E-state index in [-0.39, 0.29) is 24.5 Å². The molecule has 0 spiro atoms. The zero-order valence-electron chi connectivity index (χ0n) is 17.3. The van der Waals surface area contributed by atoms with Crippen LogP contribution in [0.2, 0.25) is 0 Å². The Bertz CT molecular complexity index is 1170. The van der Waals surface area contributed by atoms with E-state index in [1.165, 1.54) is 11.3 Å². The number of benzene rings is 2. The normalized spacial score (nSPS) is 15.8. The van der Waals surface area contributed by atoms with Gasteiger partial charge >= 0.3 is 0 Å². The molecule has 0 saturated heterocycles. The Hall–Kier alpha value is -3.59. The van der Waals surface area contributed by atoms with E-state index in [4.69, 9.17) is 14.2 Å². The third-order valence-electron chi connectivity index (χ3n) is 5.51. The van der Waals surface area contributed by atoms with Gasteiger partial charge in [0.05, 0.1) is 18.7 Å². The number of nitrogens with zero attached hydrogens (tertiary/aromatic N) is 1. The average Bonchev–Trinajstić information content (AvgIpc) is 3.53. The van der Waals surface area contributed by atoms with Crippen LogP contribution < -0.4 is 24.8 Å². The van der Waals surface area contributed by atoms with Crippen LogP contribution >= 0.6 is 11.3 Å². The zero-order valence-corrected chi connectivity index (χ0v) is 18.2. The summed E-state index contributed by atoms with van der Waals surface area (Å²) in [5.74, 6) is 1.46. The Kier molecular flexibility index (Phi) is 5.40. The first kappa shape index (κ1) is 20.3. The second kappa shape index (κ2) is 8.51. The van der Waals surface area contributed by atoms with Crippen molar-refractivity contribution in [3.8, 4) is 17.2 Å². The van der Waals surface area contributed by atoms with Crippen LogP contribution in [0.1, 0.15) is 38.8 Å².